The highest BCUT2D eigenvalue weighted by Gasteiger charge is 2.20. The number of imidazole rings is 1. The molecule has 1 saturated carbocycles. The highest BCUT2D eigenvalue weighted by molar-refractivity contribution is 9.10. The van der Waals surface area contributed by atoms with Crippen molar-refractivity contribution < 1.29 is 0 Å². The zero-order valence-electron chi connectivity index (χ0n) is 11.3. The molecule has 100 valence electrons. The lowest BCUT2D eigenvalue weighted by Gasteiger charge is -2.10. The van der Waals surface area contributed by atoms with Crippen LogP contribution in [0.1, 0.15) is 29.8 Å². The summed E-state index contributed by atoms with van der Waals surface area (Å²) in [7, 11) is 0. The van der Waals surface area contributed by atoms with Crippen LogP contribution in [0, 0.1) is 13.8 Å². The second-order valence-corrected chi connectivity index (χ2v) is 6.07. The van der Waals surface area contributed by atoms with Crippen LogP contribution in [0.2, 0.25) is 0 Å². The Labute approximate surface area is 122 Å². The summed E-state index contributed by atoms with van der Waals surface area (Å²) in [4.78, 5) is 4.35. The molecule has 0 spiro atoms. The minimum absolute atomic E-state index is 0.741. The fraction of sp³-hybridized carbons (Fsp3) is 0.400. The van der Waals surface area contributed by atoms with E-state index in [9.17, 15) is 0 Å². The molecule has 0 unspecified atom stereocenters. The first-order chi connectivity index (χ1) is 9.15. The van der Waals surface area contributed by atoms with Crippen molar-refractivity contribution in [1.29, 1.82) is 0 Å². The molecule has 1 N–H and O–H groups in total. The largest absolute Gasteiger partial charge is 0.310 e. The molecule has 0 saturated heterocycles. The normalized spacial score (nSPS) is 14.9. The Kier molecular flexibility index (Phi) is 3.46. The third-order valence-corrected chi connectivity index (χ3v) is 4.46. The summed E-state index contributed by atoms with van der Waals surface area (Å²) >= 11 is 3.67. The molecular formula is C15H18BrN3. The van der Waals surface area contributed by atoms with E-state index in [1.54, 1.807) is 0 Å². The van der Waals surface area contributed by atoms with Crippen molar-refractivity contribution in [1.82, 2.24) is 14.9 Å². The van der Waals surface area contributed by atoms with Gasteiger partial charge in [0, 0.05) is 28.4 Å². The number of benzene rings is 1. The first kappa shape index (κ1) is 12.9. The molecule has 1 fully saturated rings. The molecule has 0 radical (unpaired) electrons. The van der Waals surface area contributed by atoms with Crippen molar-refractivity contribution >= 4 is 15.9 Å². The van der Waals surface area contributed by atoms with E-state index >= 15 is 0 Å². The standard InChI is InChI=1S/C15H18BrN3/c1-10-11(2)19(9-18-10)14-6-3-12(15(16)7-14)8-17-13-4-5-13/h3,6-7,9,13,17H,4-5,8H2,1-2H3. The van der Waals surface area contributed by atoms with Crippen LogP contribution >= 0.6 is 15.9 Å². The van der Waals surface area contributed by atoms with Crippen LogP contribution < -0.4 is 5.32 Å². The third kappa shape index (κ3) is 2.74. The van der Waals surface area contributed by atoms with E-state index in [1.165, 1.54) is 24.1 Å². The number of aryl methyl sites for hydroxylation is 1. The first-order valence-electron chi connectivity index (χ1n) is 6.68. The lowest BCUT2D eigenvalue weighted by atomic mass is 10.2. The van der Waals surface area contributed by atoms with Crippen LogP contribution in [0.4, 0.5) is 0 Å². The van der Waals surface area contributed by atoms with Crippen LogP contribution in [-0.2, 0) is 6.54 Å². The molecule has 1 heterocycles. The quantitative estimate of drug-likeness (QED) is 0.934. The van der Waals surface area contributed by atoms with E-state index < -0.39 is 0 Å². The number of hydrogen-bond acceptors (Lipinski definition) is 2. The minimum atomic E-state index is 0.741. The molecule has 2 aromatic rings. The molecule has 4 heteroatoms. The Morgan fingerprint density at radius 1 is 1.37 bits per heavy atom. The average molecular weight is 320 g/mol. The van der Waals surface area contributed by atoms with Gasteiger partial charge in [-0.3, -0.25) is 0 Å². The molecule has 1 aromatic carbocycles. The zero-order chi connectivity index (χ0) is 13.4. The molecule has 0 aliphatic heterocycles. The van der Waals surface area contributed by atoms with E-state index in [2.05, 4.69) is 55.9 Å². The smallest absolute Gasteiger partial charge is 0.0997 e. The zero-order valence-corrected chi connectivity index (χ0v) is 12.9. The summed E-state index contributed by atoms with van der Waals surface area (Å²) < 4.78 is 3.28. The van der Waals surface area contributed by atoms with Crippen molar-refractivity contribution in [3.8, 4) is 5.69 Å². The molecule has 1 aliphatic rings. The molecule has 19 heavy (non-hydrogen) atoms. The van der Waals surface area contributed by atoms with Crippen LogP contribution in [0.15, 0.2) is 29.0 Å². The van der Waals surface area contributed by atoms with Gasteiger partial charge >= 0.3 is 0 Å². The summed E-state index contributed by atoms with van der Waals surface area (Å²) in [6.07, 6.45) is 4.53. The second-order valence-electron chi connectivity index (χ2n) is 5.22. The average Bonchev–Trinajstić information content (AvgIpc) is 3.16. The lowest BCUT2D eigenvalue weighted by molar-refractivity contribution is 0.686. The van der Waals surface area contributed by atoms with Crippen LogP contribution in [0.3, 0.4) is 0 Å². The maximum Gasteiger partial charge on any atom is 0.0997 e. The summed E-state index contributed by atoms with van der Waals surface area (Å²) in [5.41, 5.74) is 4.73. The monoisotopic (exact) mass is 319 g/mol. The topological polar surface area (TPSA) is 29.9 Å². The number of aromatic nitrogens is 2. The SMILES string of the molecule is Cc1ncn(-c2ccc(CNC3CC3)c(Br)c2)c1C. The molecule has 0 bridgehead atoms. The Bertz CT molecular complexity index is 599. The van der Waals surface area contributed by atoms with Gasteiger partial charge in [-0.15, -0.1) is 0 Å². The fourth-order valence-corrected chi connectivity index (χ4v) is 2.64. The van der Waals surface area contributed by atoms with E-state index in [0.717, 1.165) is 28.4 Å². The van der Waals surface area contributed by atoms with Gasteiger partial charge in [-0.25, -0.2) is 4.98 Å². The maximum atomic E-state index is 4.35. The molecule has 0 atom stereocenters. The van der Waals surface area contributed by atoms with Gasteiger partial charge in [0.15, 0.2) is 0 Å². The summed E-state index contributed by atoms with van der Waals surface area (Å²) in [5, 5.41) is 3.54. The maximum absolute atomic E-state index is 4.35. The van der Waals surface area contributed by atoms with Crippen molar-refractivity contribution in [3.05, 3.63) is 46.0 Å². The molecule has 1 aliphatic carbocycles. The second kappa shape index (κ2) is 5.10. The number of rotatable bonds is 4. The van der Waals surface area contributed by atoms with Gasteiger partial charge in [-0.2, -0.15) is 0 Å². The summed E-state index contributed by atoms with van der Waals surface area (Å²) in [6.45, 7) is 5.07. The van der Waals surface area contributed by atoms with E-state index in [1.807, 2.05) is 13.3 Å². The van der Waals surface area contributed by atoms with Crippen molar-refractivity contribution in [2.45, 2.75) is 39.3 Å². The van der Waals surface area contributed by atoms with Gasteiger partial charge in [0.05, 0.1) is 12.0 Å². The number of hydrogen-bond donors (Lipinski definition) is 1. The predicted octanol–water partition coefficient (Wildman–Crippen LogP) is 3.50. The number of nitrogens with zero attached hydrogens (tertiary/aromatic N) is 2. The van der Waals surface area contributed by atoms with Gasteiger partial charge in [-0.05, 0) is 44.4 Å². The van der Waals surface area contributed by atoms with Crippen molar-refractivity contribution in [2.24, 2.45) is 0 Å². The number of nitrogens with one attached hydrogen (secondary N) is 1. The van der Waals surface area contributed by atoms with Crippen LogP contribution in [0.5, 0.6) is 0 Å². The van der Waals surface area contributed by atoms with Gasteiger partial charge in [-0.1, -0.05) is 22.0 Å². The summed E-state index contributed by atoms with van der Waals surface area (Å²) in [6, 6.07) is 7.25. The molecule has 0 amide bonds. The Hall–Kier alpha value is -1.13. The Balaban J connectivity index is 1.83. The van der Waals surface area contributed by atoms with E-state index in [0.29, 0.717) is 0 Å². The fourth-order valence-electron chi connectivity index (χ4n) is 2.13. The predicted molar refractivity (Wildman–Crippen MR) is 80.6 cm³/mol. The minimum Gasteiger partial charge on any atom is -0.310 e. The van der Waals surface area contributed by atoms with Crippen LogP contribution in [0.25, 0.3) is 5.69 Å². The van der Waals surface area contributed by atoms with Gasteiger partial charge in [0.25, 0.3) is 0 Å². The van der Waals surface area contributed by atoms with E-state index in [4.69, 9.17) is 0 Å². The molecule has 3 nitrogen and oxygen atoms in total. The highest BCUT2D eigenvalue weighted by Crippen LogP contribution is 2.24. The van der Waals surface area contributed by atoms with E-state index in [-0.39, 0.29) is 0 Å². The first-order valence-corrected chi connectivity index (χ1v) is 7.47. The van der Waals surface area contributed by atoms with Gasteiger partial charge in [0.1, 0.15) is 0 Å². The molecule has 3 rings (SSSR count). The summed E-state index contributed by atoms with van der Waals surface area (Å²) in [5.74, 6) is 0. The van der Waals surface area contributed by atoms with Crippen LogP contribution in [-0.4, -0.2) is 15.6 Å². The van der Waals surface area contributed by atoms with Crippen molar-refractivity contribution in [3.63, 3.8) is 0 Å². The van der Waals surface area contributed by atoms with Gasteiger partial charge in [0.2, 0.25) is 0 Å². The third-order valence-electron chi connectivity index (χ3n) is 3.73. The molecular weight excluding hydrogens is 302 g/mol. The number of halogens is 1. The van der Waals surface area contributed by atoms with Crippen molar-refractivity contribution in [2.75, 3.05) is 0 Å². The van der Waals surface area contributed by atoms with Gasteiger partial charge < -0.3 is 9.88 Å². The highest BCUT2D eigenvalue weighted by atomic mass is 79.9. The molecule has 1 aromatic heterocycles. The Morgan fingerprint density at radius 2 is 2.16 bits per heavy atom. The Morgan fingerprint density at radius 3 is 2.74 bits per heavy atom. The lowest BCUT2D eigenvalue weighted by Crippen LogP contribution is -2.15.